The normalized spacial score (nSPS) is 13.0. The molecule has 10 heteroatoms. The molecule has 1 aromatic heterocycles. The van der Waals surface area contributed by atoms with E-state index in [0.717, 1.165) is 11.3 Å². The van der Waals surface area contributed by atoms with Gasteiger partial charge in [0.2, 0.25) is 16.8 Å². The first kappa shape index (κ1) is 18.0. The summed E-state index contributed by atoms with van der Waals surface area (Å²) in [4.78, 5) is 11.8. The maximum Gasteiger partial charge on any atom is 0.307 e. The molecule has 2 aromatic rings. The van der Waals surface area contributed by atoms with E-state index >= 15 is 0 Å². The molecule has 1 aromatic carbocycles. The molecule has 1 N–H and O–H groups in total. The van der Waals surface area contributed by atoms with E-state index in [2.05, 4.69) is 4.72 Å². The third-order valence-electron chi connectivity index (χ3n) is 3.27. The molecule has 1 aliphatic rings. The lowest BCUT2D eigenvalue weighted by molar-refractivity contribution is -0.144. The van der Waals surface area contributed by atoms with Crippen LogP contribution < -0.4 is 14.2 Å². The van der Waals surface area contributed by atoms with Gasteiger partial charge >= 0.3 is 5.97 Å². The number of sulfonamides is 1. The van der Waals surface area contributed by atoms with Gasteiger partial charge in [-0.1, -0.05) is 17.7 Å². The molecule has 7 nitrogen and oxygen atoms in total. The molecular formula is C15H14ClNO6S2. The van der Waals surface area contributed by atoms with Crippen molar-refractivity contribution in [3.63, 3.8) is 0 Å². The number of hydrogen-bond donors (Lipinski definition) is 1. The lowest BCUT2D eigenvalue weighted by Crippen LogP contribution is -2.26. The molecule has 0 radical (unpaired) electrons. The number of carbonyl (C=O) groups is 1. The highest BCUT2D eigenvalue weighted by Crippen LogP contribution is 2.39. The molecule has 0 saturated carbocycles. The number of fused-ring (bicyclic) bond motifs is 1. The zero-order chi connectivity index (χ0) is 17.9. The summed E-state index contributed by atoms with van der Waals surface area (Å²) >= 11 is 7.16. The van der Waals surface area contributed by atoms with E-state index in [1.54, 1.807) is 23.6 Å². The number of rotatable bonds is 7. The van der Waals surface area contributed by atoms with Crippen molar-refractivity contribution in [3.8, 4) is 11.5 Å². The summed E-state index contributed by atoms with van der Waals surface area (Å²) in [6.07, 6.45) is -0.0805. The fourth-order valence-electron chi connectivity index (χ4n) is 2.12. The Bertz CT molecular complexity index is 866. The Balaban J connectivity index is 1.47. The van der Waals surface area contributed by atoms with Gasteiger partial charge in [0.15, 0.2) is 11.5 Å². The standard InChI is InChI=1S/C15H14ClNO6S2/c16-11-6-10(7-12-15(11)23-9-22-12)8-21-13(18)3-4-17-25(19,20)14-2-1-5-24-14/h1-2,5-7,17H,3-4,8-9H2. The fraction of sp³-hybridized carbons (Fsp3) is 0.267. The van der Waals surface area contributed by atoms with Crippen molar-refractivity contribution in [1.82, 2.24) is 4.72 Å². The number of halogens is 1. The summed E-state index contributed by atoms with van der Waals surface area (Å²) in [5.74, 6) is 0.449. The van der Waals surface area contributed by atoms with E-state index in [9.17, 15) is 13.2 Å². The van der Waals surface area contributed by atoms with Crippen LogP contribution >= 0.6 is 22.9 Å². The first-order chi connectivity index (χ1) is 12.0. The third-order valence-corrected chi connectivity index (χ3v) is 6.41. The van der Waals surface area contributed by atoms with Crippen molar-refractivity contribution in [2.45, 2.75) is 17.2 Å². The Morgan fingerprint density at radius 2 is 2.20 bits per heavy atom. The molecule has 0 fully saturated rings. The summed E-state index contributed by atoms with van der Waals surface area (Å²) in [7, 11) is -3.58. The largest absolute Gasteiger partial charge is 0.461 e. The SMILES string of the molecule is O=C(CCNS(=O)(=O)c1cccs1)OCc1cc(Cl)c2c(c1)OCO2. The van der Waals surface area contributed by atoms with Crippen LogP contribution in [-0.2, 0) is 26.2 Å². The molecule has 0 spiro atoms. The van der Waals surface area contributed by atoms with Crippen LogP contribution in [0.5, 0.6) is 11.5 Å². The third kappa shape index (κ3) is 4.43. The van der Waals surface area contributed by atoms with Crippen molar-refractivity contribution in [1.29, 1.82) is 0 Å². The lowest BCUT2D eigenvalue weighted by Gasteiger charge is -2.08. The smallest absolute Gasteiger partial charge is 0.307 e. The van der Waals surface area contributed by atoms with Crippen LogP contribution in [0.25, 0.3) is 0 Å². The average Bonchev–Trinajstić information content (AvgIpc) is 3.24. The molecule has 134 valence electrons. The van der Waals surface area contributed by atoms with Crippen LogP contribution in [0.1, 0.15) is 12.0 Å². The molecule has 1 aliphatic heterocycles. The first-order valence-electron chi connectivity index (χ1n) is 7.22. The predicted octanol–water partition coefficient (Wildman–Crippen LogP) is 2.54. The fourth-order valence-corrected chi connectivity index (χ4v) is 4.47. The summed E-state index contributed by atoms with van der Waals surface area (Å²) < 4.78 is 41.9. The van der Waals surface area contributed by atoms with Gasteiger partial charge in [-0.05, 0) is 29.1 Å². The molecule has 0 amide bonds. The van der Waals surface area contributed by atoms with Crippen LogP contribution in [0.15, 0.2) is 33.9 Å². The second kappa shape index (κ2) is 7.61. The average molecular weight is 404 g/mol. The monoisotopic (exact) mass is 403 g/mol. The van der Waals surface area contributed by atoms with Gasteiger partial charge < -0.3 is 14.2 Å². The molecule has 0 saturated heterocycles. The van der Waals surface area contributed by atoms with E-state index in [1.807, 2.05) is 0 Å². The van der Waals surface area contributed by atoms with E-state index in [-0.39, 0.29) is 30.6 Å². The van der Waals surface area contributed by atoms with Crippen molar-refractivity contribution in [2.75, 3.05) is 13.3 Å². The zero-order valence-electron chi connectivity index (χ0n) is 12.9. The quantitative estimate of drug-likeness (QED) is 0.714. The first-order valence-corrected chi connectivity index (χ1v) is 9.96. The highest BCUT2D eigenvalue weighted by Gasteiger charge is 2.19. The Morgan fingerprint density at radius 3 is 2.96 bits per heavy atom. The zero-order valence-corrected chi connectivity index (χ0v) is 15.2. The number of esters is 1. The van der Waals surface area contributed by atoms with Gasteiger partial charge in [-0.25, -0.2) is 13.1 Å². The van der Waals surface area contributed by atoms with Crippen molar-refractivity contribution < 1.29 is 27.4 Å². The van der Waals surface area contributed by atoms with Crippen LogP contribution in [0.4, 0.5) is 0 Å². The molecular weight excluding hydrogens is 390 g/mol. The number of benzene rings is 1. The highest BCUT2D eigenvalue weighted by molar-refractivity contribution is 7.91. The molecule has 0 unspecified atom stereocenters. The predicted molar refractivity (Wildman–Crippen MR) is 91.5 cm³/mol. The number of hydrogen-bond acceptors (Lipinski definition) is 7. The van der Waals surface area contributed by atoms with Gasteiger partial charge in [0.05, 0.1) is 11.4 Å². The van der Waals surface area contributed by atoms with E-state index in [1.165, 1.54) is 6.07 Å². The van der Waals surface area contributed by atoms with Crippen molar-refractivity contribution >= 4 is 38.9 Å². The van der Waals surface area contributed by atoms with E-state index in [0.29, 0.717) is 22.1 Å². The van der Waals surface area contributed by atoms with E-state index in [4.69, 9.17) is 25.8 Å². The maximum atomic E-state index is 11.9. The summed E-state index contributed by atoms with van der Waals surface area (Å²) in [5, 5.41) is 2.05. The second-order valence-electron chi connectivity index (χ2n) is 5.05. The second-order valence-corrected chi connectivity index (χ2v) is 8.40. The van der Waals surface area contributed by atoms with Gasteiger partial charge in [0.1, 0.15) is 10.8 Å². The Morgan fingerprint density at radius 1 is 1.36 bits per heavy atom. The minimum atomic E-state index is -3.58. The number of thiophene rings is 1. The summed E-state index contributed by atoms with van der Waals surface area (Å²) in [5.41, 5.74) is 0.654. The van der Waals surface area contributed by atoms with E-state index < -0.39 is 16.0 Å². The van der Waals surface area contributed by atoms with Gasteiger partial charge in [-0.2, -0.15) is 0 Å². The molecule has 0 bridgehead atoms. The summed E-state index contributed by atoms with van der Waals surface area (Å²) in [6, 6.07) is 6.45. The maximum absolute atomic E-state index is 11.9. The highest BCUT2D eigenvalue weighted by atomic mass is 35.5. The Hall–Kier alpha value is -1.81. The minimum Gasteiger partial charge on any atom is -0.461 e. The van der Waals surface area contributed by atoms with Crippen LogP contribution in [0, 0.1) is 0 Å². The molecule has 3 rings (SSSR count). The number of carbonyl (C=O) groups excluding carboxylic acids is 1. The van der Waals surface area contributed by atoms with Gasteiger partial charge in [-0.3, -0.25) is 4.79 Å². The molecule has 25 heavy (non-hydrogen) atoms. The lowest BCUT2D eigenvalue weighted by atomic mass is 10.2. The van der Waals surface area contributed by atoms with Crippen LogP contribution in [0.2, 0.25) is 5.02 Å². The van der Waals surface area contributed by atoms with Gasteiger partial charge in [0.25, 0.3) is 0 Å². The van der Waals surface area contributed by atoms with Gasteiger partial charge in [-0.15, -0.1) is 11.3 Å². The molecule has 0 aliphatic carbocycles. The molecule has 0 atom stereocenters. The van der Waals surface area contributed by atoms with Crippen LogP contribution in [-0.4, -0.2) is 27.7 Å². The summed E-state index contributed by atoms with van der Waals surface area (Å²) in [6.45, 7) is 0.0660. The number of nitrogens with one attached hydrogen (secondary N) is 1. The Kier molecular flexibility index (Phi) is 5.48. The van der Waals surface area contributed by atoms with Crippen molar-refractivity contribution in [3.05, 3.63) is 40.2 Å². The number of ether oxygens (including phenoxy) is 3. The minimum absolute atomic E-state index is 0.00681. The Labute approximate surface area is 153 Å². The topological polar surface area (TPSA) is 90.9 Å². The molecule has 2 heterocycles. The van der Waals surface area contributed by atoms with Gasteiger partial charge in [0, 0.05) is 6.54 Å². The van der Waals surface area contributed by atoms with Crippen molar-refractivity contribution in [2.24, 2.45) is 0 Å². The van der Waals surface area contributed by atoms with Crippen LogP contribution in [0.3, 0.4) is 0 Å².